The van der Waals surface area contributed by atoms with Gasteiger partial charge in [-0.1, -0.05) is 15.9 Å². The fourth-order valence-corrected chi connectivity index (χ4v) is 1.56. The van der Waals surface area contributed by atoms with E-state index < -0.39 is 12.5 Å². The standard InChI is InChI=1S/C10H12BrF2NO/c1-6(10(12)13)14-8-3-7(11)4-9(5-8)15-2/h3-6,10,14H,1-2H3. The molecule has 84 valence electrons. The van der Waals surface area contributed by atoms with E-state index >= 15 is 0 Å². The molecule has 0 amide bonds. The van der Waals surface area contributed by atoms with Gasteiger partial charge in [0.25, 0.3) is 6.43 Å². The summed E-state index contributed by atoms with van der Waals surface area (Å²) in [5.74, 6) is 0.619. The van der Waals surface area contributed by atoms with E-state index in [1.165, 1.54) is 14.0 Å². The largest absolute Gasteiger partial charge is 0.497 e. The van der Waals surface area contributed by atoms with Gasteiger partial charge in [-0.2, -0.15) is 0 Å². The van der Waals surface area contributed by atoms with Crippen molar-refractivity contribution in [2.45, 2.75) is 19.4 Å². The second-order valence-electron chi connectivity index (χ2n) is 3.15. The molecule has 0 aliphatic heterocycles. The van der Waals surface area contributed by atoms with Crippen LogP contribution in [0.3, 0.4) is 0 Å². The minimum atomic E-state index is -2.39. The van der Waals surface area contributed by atoms with Crippen LogP contribution in [0.4, 0.5) is 14.5 Å². The quantitative estimate of drug-likeness (QED) is 0.911. The first kappa shape index (κ1) is 12.2. The third-order valence-electron chi connectivity index (χ3n) is 1.88. The second kappa shape index (κ2) is 5.30. The zero-order chi connectivity index (χ0) is 11.4. The number of hydrogen-bond acceptors (Lipinski definition) is 2. The molecule has 5 heteroatoms. The molecule has 0 bridgehead atoms. The first-order chi connectivity index (χ1) is 7.02. The molecule has 1 atom stereocenters. The average molecular weight is 280 g/mol. The van der Waals surface area contributed by atoms with Gasteiger partial charge in [-0.05, 0) is 19.1 Å². The monoisotopic (exact) mass is 279 g/mol. The molecule has 2 nitrogen and oxygen atoms in total. The lowest BCUT2D eigenvalue weighted by Gasteiger charge is -2.15. The van der Waals surface area contributed by atoms with Gasteiger partial charge in [0, 0.05) is 16.2 Å². The number of rotatable bonds is 4. The molecule has 15 heavy (non-hydrogen) atoms. The molecule has 0 aromatic heterocycles. The third kappa shape index (κ3) is 3.66. The van der Waals surface area contributed by atoms with E-state index in [1.54, 1.807) is 18.2 Å². The van der Waals surface area contributed by atoms with Gasteiger partial charge in [-0.25, -0.2) is 8.78 Å². The summed E-state index contributed by atoms with van der Waals surface area (Å²) in [5, 5.41) is 2.70. The van der Waals surface area contributed by atoms with Crippen LogP contribution in [-0.4, -0.2) is 19.6 Å². The summed E-state index contributed by atoms with van der Waals surface area (Å²) in [5.41, 5.74) is 0.606. The maximum Gasteiger partial charge on any atom is 0.258 e. The molecule has 0 heterocycles. The van der Waals surface area contributed by atoms with Gasteiger partial charge >= 0.3 is 0 Å². The predicted octanol–water partition coefficient (Wildman–Crippen LogP) is 3.52. The Labute approximate surface area is 95.8 Å². The van der Waals surface area contributed by atoms with Crippen LogP contribution < -0.4 is 10.1 Å². The predicted molar refractivity (Wildman–Crippen MR) is 59.8 cm³/mol. The molecule has 0 saturated carbocycles. The fraction of sp³-hybridized carbons (Fsp3) is 0.400. The lowest BCUT2D eigenvalue weighted by Crippen LogP contribution is -2.23. The molecule has 1 N–H and O–H groups in total. The summed E-state index contributed by atoms with van der Waals surface area (Å²) >= 11 is 3.27. The van der Waals surface area contributed by atoms with Crippen molar-refractivity contribution in [3.8, 4) is 5.75 Å². The normalized spacial score (nSPS) is 12.7. The van der Waals surface area contributed by atoms with Crippen LogP contribution in [0.5, 0.6) is 5.75 Å². The molecular formula is C10H12BrF2NO. The van der Waals surface area contributed by atoms with E-state index in [9.17, 15) is 8.78 Å². The Morgan fingerprint density at radius 3 is 2.53 bits per heavy atom. The van der Waals surface area contributed by atoms with Crippen molar-refractivity contribution in [1.29, 1.82) is 0 Å². The van der Waals surface area contributed by atoms with E-state index in [0.717, 1.165) is 4.47 Å². The van der Waals surface area contributed by atoms with Gasteiger partial charge < -0.3 is 10.1 Å². The zero-order valence-electron chi connectivity index (χ0n) is 8.43. The maximum atomic E-state index is 12.3. The third-order valence-corrected chi connectivity index (χ3v) is 2.34. The molecule has 0 radical (unpaired) electrons. The smallest absolute Gasteiger partial charge is 0.258 e. The number of methoxy groups -OCH3 is 1. The molecule has 1 rings (SSSR count). The van der Waals surface area contributed by atoms with Gasteiger partial charge in [-0.15, -0.1) is 0 Å². The highest BCUT2D eigenvalue weighted by Gasteiger charge is 2.14. The van der Waals surface area contributed by atoms with Crippen molar-refractivity contribution >= 4 is 21.6 Å². The second-order valence-corrected chi connectivity index (χ2v) is 4.06. The Hall–Kier alpha value is -0.840. The minimum absolute atomic E-state index is 0.606. The van der Waals surface area contributed by atoms with E-state index in [1.807, 2.05) is 0 Å². The zero-order valence-corrected chi connectivity index (χ0v) is 10.0. The first-order valence-corrected chi connectivity index (χ1v) is 5.21. The maximum absolute atomic E-state index is 12.3. The van der Waals surface area contributed by atoms with Crippen molar-refractivity contribution in [1.82, 2.24) is 0 Å². The Morgan fingerprint density at radius 2 is 2.00 bits per heavy atom. The van der Waals surface area contributed by atoms with Crippen LogP contribution in [0.2, 0.25) is 0 Å². The number of nitrogens with one attached hydrogen (secondary N) is 1. The summed E-state index contributed by atoms with van der Waals surface area (Å²) in [7, 11) is 1.53. The van der Waals surface area contributed by atoms with E-state index in [0.29, 0.717) is 11.4 Å². The van der Waals surface area contributed by atoms with Crippen molar-refractivity contribution in [2.24, 2.45) is 0 Å². The van der Waals surface area contributed by atoms with E-state index in [-0.39, 0.29) is 0 Å². The number of alkyl halides is 2. The van der Waals surface area contributed by atoms with Crippen molar-refractivity contribution < 1.29 is 13.5 Å². The van der Waals surface area contributed by atoms with Gasteiger partial charge in [0.2, 0.25) is 0 Å². The van der Waals surface area contributed by atoms with Crippen molar-refractivity contribution in [2.75, 3.05) is 12.4 Å². The highest BCUT2D eigenvalue weighted by atomic mass is 79.9. The number of hydrogen-bond donors (Lipinski definition) is 1. The summed E-state index contributed by atoms with van der Waals surface area (Å²) in [4.78, 5) is 0. The molecular weight excluding hydrogens is 268 g/mol. The minimum Gasteiger partial charge on any atom is -0.497 e. The number of benzene rings is 1. The molecule has 0 aliphatic carbocycles. The summed E-state index contributed by atoms with van der Waals surface area (Å²) < 4.78 is 30.4. The first-order valence-electron chi connectivity index (χ1n) is 4.42. The van der Waals surface area contributed by atoms with Crippen LogP contribution >= 0.6 is 15.9 Å². The van der Waals surface area contributed by atoms with Gasteiger partial charge in [-0.3, -0.25) is 0 Å². The fourth-order valence-electron chi connectivity index (χ4n) is 1.09. The van der Waals surface area contributed by atoms with Gasteiger partial charge in [0.05, 0.1) is 13.2 Å². The summed E-state index contributed by atoms with van der Waals surface area (Å²) in [6, 6.07) is 4.27. The highest BCUT2D eigenvalue weighted by Crippen LogP contribution is 2.25. The number of ether oxygens (including phenoxy) is 1. The molecule has 1 unspecified atom stereocenters. The van der Waals surface area contributed by atoms with Crippen LogP contribution in [0.1, 0.15) is 6.92 Å². The average Bonchev–Trinajstić information content (AvgIpc) is 2.16. The Kier molecular flexibility index (Phi) is 4.32. The number of anilines is 1. The van der Waals surface area contributed by atoms with Crippen molar-refractivity contribution in [3.63, 3.8) is 0 Å². The Morgan fingerprint density at radius 1 is 1.33 bits per heavy atom. The van der Waals surface area contributed by atoms with Crippen LogP contribution in [-0.2, 0) is 0 Å². The summed E-state index contributed by atoms with van der Waals surface area (Å²) in [6.45, 7) is 1.43. The van der Waals surface area contributed by atoms with Gasteiger partial charge in [0.1, 0.15) is 5.75 Å². The van der Waals surface area contributed by atoms with Gasteiger partial charge in [0.15, 0.2) is 0 Å². The van der Waals surface area contributed by atoms with Crippen LogP contribution in [0.25, 0.3) is 0 Å². The lowest BCUT2D eigenvalue weighted by molar-refractivity contribution is 0.130. The Bertz CT molecular complexity index is 333. The van der Waals surface area contributed by atoms with Crippen LogP contribution in [0.15, 0.2) is 22.7 Å². The summed E-state index contributed by atoms with van der Waals surface area (Å²) in [6.07, 6.45) is -2.39. The SMILES string of the molecule is COc1cc(Br)cc(NC(C)C(F)F)c1. The Balaban J connectivity index is 2.80. The van der Waals surface area contributed by atoms with E-state index in [2.05, 4.69) is 21.2 Å². The molecule has 0 spiro atoms. The highest BCUT2D eigenvalue weighted by molar-refractivity contribution is 9.10. The molecule has 0 fully saturated rings. The van der Waals surface area contributed by atoms with Crippen molar-refractivity contribution in [3.05, 3.63) is 22.7 Å². The number of halogens is 3. The molecule has 0 aliphatic rings. The lowest BCUT2D eigenvalue weighted by atomic mass is 10.2. The molecule has 1 aromatic carbocycles. The topological polar surface area (TPSA) is 21.3 Å². The molecule has 0 saturated heterocycles. The van der Waals surface area contributed by atoms with E-state index in [4.69, 9.17) is 4.74 Å². The van der Waals surface area contributed by atoms with Crippen LogP contribution in [0, 0.1) is 0 Å². The molecule has 1 aromatic rings.